The van der Waals surface area contributed by atoms with E-state index >= 15 is 0 Å². The fourth-order valence-electron chi connectivity index (χ4n) is 1.29. The molecule has 0 radical (unpaired) electrons. The molecule has 0 fully saturated rings. The second-order valence-corrected chi connectivity index (χ2v) is 4.70. The van der Waals surface area contributed by atoms with Crippen molar-refractivity contribution in [2.75, 3.05) is 12.4 Å². The van der Waals surface area contributed by atoms with Gasteiger partial charge in [-0.15, -0.1) is 10.2 Å². The van der Waals surface area contributed by atoms with Gasteiger partial charge in [0.15, 0.2) is 5.16 Å². The van der Waals surface area contributed by atoms with Gasteiger partial charge in [0.25, 0.3) is 0 Å². The van der Waals surface area contributed by atoms with Crippen molar-refractivity contribution >= 4 is 11.8 Å². The SMILES string of the molecule is CC(C)n1c(CN)nnc1SCC(O)CO. The molecule has 4 N–H and O–H groups in total. The van der Waals surface area contributed by atoms with Crippen LogP contribution in [-0.4, -0.2) is 43.4 Å². The third-order valence-corrected chi connectivity index (χ3v) is 3.14. The average Bonchev–Trinajstić information content (AvgIpc) is 2.68. The van der Waals surface area contributed by atoms with Gasteiger partial charge >= 0.3 is 0 Å². The van der Waals surface area contributed by atoms with Crippen molar-refractivity contribution < 1.29 is 10.2 Å². The van der Waals surface area contributed by atoms with E-state index in [9.17, 15) is 5.11 Å². The van der Waals surface area contributed by atoms with Crippen LogP contribution in [0, 0.1) is 0 Å². The molecular weight excluding hydrogens is 228 g/mol. The Hall–Kier alpha value is -0.630. The molecule has 1 unspecified atom stereocenters. The first-order valence-electron chi connectivity index (χ1n) is 5.15. The maximum absolute atomic E-state index is 9.26. The van der Waals surface area contributed by atoms with Crippen LogP contribution < -0.4 is 5.73 Å². The lowest BCUT2D eigenvalue weighted by atomic mass is 10.4. The summed E-state index contributed by atoms with van der Waals surface area (Å²) in [5, 5.41) is 26.7. The molecule has 0 aliphatic rings. The first-order valence-corrected chi connectivity index (χ1v) is 6.14. The molecule has 16 heavy (non-hydrogen) atoms. The number of hydrogen-bond acceptors (Lipinski definition) is 6. The third kappa shape index (κ3) is 3.18. The second kappa shape index (κ2) is 6.19. The molecule has 0 aliphatic carbocycles. The summed E-state index contributed by atoms with van der Waals surface area (Å²) in [6.07, 6.45) is -0.733. The highest BCUT2D eigenvalue weighted by Crippen LogP contribution is 2.21. The Morgan fingerprint density at radius 3 is 2.62 bits per heavy atom. The number of thioether (sulfide) groups is 1. The van der Waals surface area contributed by atoms with Gasteiger partial charge in [0.1, 0.15) is 5.82 Å². The zero-order chi connectivity index (χ0) is 12.1. The molecule has 0 amide bonds. The Morgan fingerprint density at radius 2 is 2.12 bits per heavy atom. The van der Waals surface area contributed by atoms with Crippen LogP contribution in [0.15, 0.2) is 5.16 Å². The van der Waals surface area contributed by atoms with E-state index in [1.165, 1.54) is 11.8 Å². The largest absolute Gasteiger partial charge is 0.394 e. The smallest absolute Gasteiger partial charge is 0.191 e. The minimum atomic E-state index is -0.733. The molecule has 1 heterocycles. The van der Waals surface area contributed by atoms with Crippen LogP contribution in [0.4, 0.5) is 0 Å². The zero-order valence-corrected chi connectivity index (χ0v) is 10.3. The Morgan fingerprint density at radius 1 is 1.44 bits per heavy atom. The summed E-state index contributed by atoms with van der Waals surface area (Å²) >= 11 is 1.37. The first-order chi connectivity index (χ1) is 7.60. The van der Waals surface area contributed by atoms with Gasteiger partial charge in [-0.2, -0.15) is 0 Å². The molecule has 0 saturated carbocycles. The van der Waals surface area contributed by atoms with Gasteiger partial charge in [-0.05, 0) is 13.8 Å². The lowest BCUT2D eigenvalue weighted by molar-refractivity contribution is 0.113. The van der Waals surface area contributed by atoms with Crippen molar-refractivity contribution in [2.45, 2.75) is 37.7 Å². The van der Waals surface area contributed by atoms with E-state index in [2.05, 4.69) is 10.2 Å². The number of nitrogens with two attached hydrogens (primary N) is 1. The summed E-state index contributed by atoms with van der Waals surface area (Å²) in [6.45, 7) is 4.14. The van der Waals surface area contributed by atoms with E-state index in [0.29, 0.717) is 12.3 Å². The molecule has 1 rings (SSSR count). The van der Waals surface area contributed by atoms with Crippen LogP contribution in [-0.2, 0) is 6.54 Å². The van der Waals surface area contributed by atoms with Crippen molar-refractivity contribution in [3.63, 3.8) is 0 Å². The minimum Gasteiger partial charge on any atom is -0.394 e. The molecule has 1 atom stereocenters. The summed E-state index contributed by atoms with van der Waals surface area (Å²) in [5.74, 6) is 1.13. The maximum Gasteiger partial charge on any atom is 0.191 e. The highest BCUT2D eigenvalue weighted by Gasteiger charge is 2.15. The van der Waals surface area contributed by atoms with Crippen LogP contribution in [0.3, 0.4) is 0 Å². The van der Waals surface area contributed by atoms with Crippen molar-refractivity contribution in [1.29, 1.82) is 0 Å². The Balaban J connectivity index is 2.75. The lowest BCUT2D eigenvalue weighted by Crippen LogP contribution is -2.16. The number of rotatable bonds is 6. The number of aliphatic hydroxyl groups is 2. The van der Waals surface area contributed by atoms with E-state index in [0.717, 1.165) is 11.0 Å². The summed E-state index contributed by atoms with van der Waals surface area (Å²) in [7, 11) is 0. The van der Waals surface area contributed by atoms with Gasteiger partial charge < -0.3 is 20.5 Å². The van der Waals surface area contributed by atoms with Crippen molar-refractivity contribution in [3.8, 4) is 0 Å². The summed E-state index contributed by atoms with van der Waals surface area (Å²) < 4.78 is 1.94. The van der Waals surface area contributed by atoms with E-state index in [1.807, 2.05) is 18.4 Å². The van der Waals surface area contributed by atoms with Crippen molar-refractivity contribution in [3.05, 3.63) is 5.82 Å². The summed E-state index contributed by atoms with van der Waals surface area (Å²) in [5.41, 5.74) is 5.56. The van der Waals surface area contributed by atoms with E-state index < -0.39 is 6.10 Å². The lowest BCUT2D eigenvalue weighted by Gasteiger charge is -2.13. The molecule has 0 aliphatic heterocycles. The number of aliphatic hydroxyl groups excluding tert-OH is 2. The average molecular weight is 246 g/mol. The van der Waals surface area contributed by atoms with E-state index in [4.69, 9.17) is 10.8 Å². The van der Waals surface area contributed by atoms with Crippen molar-refractivity contribution in [2.24, 2.45) is 5.73 Å². The zero-order valence-electron chi connectivity index (χ0n) is 9.50. The summed E-state index contributed by atoms with van der Waals surface area (Å²) in [4.78, 5) is 0. The maximum atomic E-state index is 9.26. The molecule has 0 saturated heterocycles. The minimum absolute atomic E-state index is 0.224. The predicted molar refractivity (Wildman–Crippen MR) is 62.1 cm³/mol. The van der Waals surface area contributed by atoms with Gasteiger partial charge in [-0.1, -0.05) is 11.8 Å². The predicted octanol–water partition coefficient (Wildman–Crippen LogP) is -0.237. The summed E-state index contributed by atoms with van der Waals surface area (Å²) in [6, 6.07) is 0.224. The van der Waals surface area contributed by atoms with Crippen LogP contribution in [0.25, 0.3) is 0 Å². The molecule has 0 bridgehead atoms. The topological polar surface area (TPSA) is 97.2 Å². The van der Waals surface area contributed by atoms with Gasteiger partial charge in [0.2, 0.25) is 0 Å². The molecule has 0 spiro atoms. The van der Waals surface area contributed by atoms with E-state index in [1.54, 1.807) is 0 Å². The second-order valence-electron chi connectivity index (χ2n) is 3.71. The van der Waals surface area contributed by atoms with Crippen LogP contribution in [0.2, 0.25) is 0 Å². The Bertz CT molecular complexity index is 329. The fourth-order valence-corrected chi connectivity index (χ4v) is 2.29. The highest BCUT2D eigenvalue weighted by atomic mass is 32.2. The molecular formula is C9H18N4O2S. The molecule has 6 nitrogen and oxygen atoms in total. The van der Waals surface area contributed by atoms with Gasteiger partial charge in [0, 0.05) is 11.8 Å². The first kappa shape index (κ1) is 13.4. The number of nitrogens with zero attached hydrogens (tertiary/aromatic N) is 3. The molecule has 92 valence electrons. The molecule has 1 aromatic heterocycles. The molecule has 7 heteroatoms. The number of hydrogen-bond donors (Lipinski definition) is 3. The van der Waals surface area contributed by atoms with Crippen LogP contribution in [0.1, 0.15) is 25.7 Å². The normalized spacial score (nSPS) is 13.4. The van der Waals surface area contributed by atoms with Crippen molar-refractivity contribution in [1.82, 2.24) is 14.8 Å². The van der Waals surface area contributed by atoms with Crippen LogP contribution in [0.5, 0.6) is 0 Å². The van der Waals surface area contributed by atoms with Gasteiger partial charge in [0.05, 0.1) is 19.3 Å². The monoisotopic (exact) mass is 246 g/mol. The fraction of sp³-hybridized carbons (Fsp3) is 0.778. The van der Waals surface area contributed by atoms with Gasteiger partial charge in [-0.3, -0.25) is 0 Å². The number of aromatic nitrogens is 3. The molecule has 1 aromatic rings. The van der Waals surface area contributed by atoms with Gasteiger partial charge in [-0.25, -0.2) is 0 Å². The third-order valence-electron chi connectivity index (χ3n) is 2.05. The molecule has 0 aromatic carbocycles. The van der Waals surface area contributed by atoms with E-state index in [-0.39, 0.29) is 12.6 Å². The Labute approximate surface area is 98.9 Å². The Kier molecular flexibility index (Phi) is 5.20. The standard InChI is InChI=1S/C9H18N4O2S/c1-6(2)13-8(3-10)11-12-9(13)16-5-7(15)4-14/h6-7,14-15H,3-5,10H2,1-2H3. The van der Waals surface area contributed by atoms with Crippen LogP contribution >= 0.6 is 11.8 Å². The highest BCUT2D eigenvalue weighted by molar-refractivity contribution is 7.99. The quantitative estimate of drug-likeness (QED) is 0.600.